The zero-order valence-electron chi connectivity index (χ0n) is 22.3. The topological polar surface area (TPSA) is 111 Å². The summed E-state index contributed by atoms with van der Waals surface area (Å²) in [6.07, 6.45) is 9.46. The van der Waals surface area contributed by atoms with Crippen molar-refractivity contribution in [3.8, 4) is 0 Å². The largest absolute Gasteiger partial charge is 0.462 e. The molecule has 0 radical (unpaired) electrons. The molecule has 0 spiro atoms. The number of hydrogen-bond donors (Lipinski definition) is 1. The van der Waals surface area contributed by atoms with Crippen LogP contribution in [0.2, 0.25) is 0 Å². The lowest BCUT2D eigenvalue weighted by Crippen LogP contribution is -2.36. The van der Waals surface area contributed by atoms with Crippen LogP contribution >= 0.6 is 0 Å². The minimum Gasteiger partial charge on any atom is -0.462 e. The van der Waals surface area contributed by atoms with E-state index < -0.39 is 23.6 Å². The summed E-state index contributed by atoms with van der Waals surface area (Å²) in [6, 6.07) is 2.78. The maximum absolute atomic E-state index is 14.3. The van der Waals surface area contributed by atoms with Gasteiger partial charge in [0.15, 0.2) is 5.65 Å². The van der Waals surface area contributed by atoms with Crippen LogP contribution in [-0.4, -0.2) is 56.4 Å². The second-order valence-corrected chi connectivity index (χ2v) is 10.1. The van der Waals surface area contributed by atoms with Crippen LogP contribution in [-0.2, 0) is 9.47 Å². The highest BCUT2D eigenvalue weighted by molar-refractivity contribution is 5.95. The minimum atomic E-state index is -0.599. The first-order valence-electron chi connectivity index (χ1n) is 12.7. The van der Waals surface area contributed by atoms with Crippen LogP contribution in [0.4, 0.5) is 15.0 Å². The number of hydrogen-bond acceptors (Lipinski definition) is 8. The van der Waals surface area contributed by atoms with Crippen molar-refractivity contribution in [2.24, 2.45) is 0 Å². The molecule has 11 heteroatoms. The molecule has 3 aromatic heterocycles. The van der Waals surface area contributed by atoms with Crippen molar-refractivity contribution in [2.75, 3.05) is 18.1 Å². The molecule has 2 atom stereocenters. The molecule has 0 saturated carbocycles. The predicted molar refractivity (Wildman–Crippen MR) is 140 cm³/mol. The van der Waals surface area contributed by atoms with E-state index in [0.29, 0.717) is 18.0 Å². The summed E-state index contributed by atoms with van der Waals surface area (Å²) in [6.45, 7) is 9.92. The number of halogens is 1. The van der Waals surface area contributed by atoms with Crippen molar-refractivity contribution >= 4 is 29.6 Å². The summed E-state index contributed by atoms with van der Waals surface area (Å²) in [7, 11) is 0. The number of nitrogens with one attached hydrogen (secondary N) is 1. The van der Waals surface area contributed by atoms with Gasteiger partial charge in [0.25, 0.3) is 0 Å². The summed E-state index contributed by atoms with van der Waals surface area (Å²) >= 11 is 0. The molecule has 4 heterocycles. The number of carbonyl (C=O) groups is 2. The highest BCUT2D eigenvalue weighted by Gasteiger charge is 2.30. The van der Waals surface area contributed by atoms with E-state index in [1.54, 1.807) is 33.9 Å². The van der Waals surface area contributed by atoms with E-state index in [1.807, 2.05) is 25.1 Å². The Balaban J connectivity index is 1.60. The molecule has 4 rings (SSSR count). The normalized spacial score (nSPS) is 16.7. The number of amides is 1. The molecule has 1 amide bonds. The van der Waals surface area contributed by atoms with Gasteiger partial charge in [-0.3, -0.25) is 0 Å². The van der Waals surface area contributed by atoms with E-state index in [2.05, 4.69) is 20.3 Å². The van der Waals surface area contributed by atoms with E-state index in [-0.39, 0.29) is 24.3 Å². The molecule has 1 N–H and O–H groups in total. The molecule has 0 aliphatic carbocycles. The summed E-state index contributed by atoms with van der Waals surface area (Å²) in [5.74, 6) is -0.409. The number of pyridine rings is 1. The van der Waals surface area contributed by atoms with Gasteiger partial charge in [0.1, 0.15) is 17.0 Å². The fourth-order valence-corrected chi connectivity index (χ4v) is 4.41. The maximum atomic E-state index is 14.3. The van der Waals surface area contributed by atoms with E-state index in [0.717, 1.165) is 24.0 Å². The standard InChI is InChI=1S/C27H33FN6O4/c1-6-37-25(35)20-16-30-34-13-11-23(32-24(20)34)33-12-7-8-21(33)19-14-22(28)29-15-18(19)10-9-17(2)31-26(36)38-27(3,4)5/h9-11,13-17,21H,6-8,12H2,1-5H3,(H,31,36)/b10-9+/t17-,21?/m1/s1. The molecule has 0 bridgehead atoms. The van der Waals surface area contributed by atoms with Crippen molar-refractivity contribution in [1.82, 2.24) is 24.9 Å². The maximum Gasteiger partial charge on any atom is 0.408 e. The average Bonchev–Trinajstić information content (AvgIpc) is 3.49. The molecule has 0 aromatic carbocycles. The summed E-state index contributed by atoms with van der Waals surface area (Å²) in [5.41, 5.74) is 1.58. The number of nitrogens with zero attached hydrogens (tertiary/aromatic N) is 5. The van der Waals surface area contributed by atoms with E-state index in [9.17, 15) is 14.0 Å². The fraction of sp³-hybridized carbons (Fsp3) is 0.444. The lowest BCUT2D eigenvalue weighted by atomic mass is 9.99. The Bertz CT molecular complexity index is 1350. The quantitative estimate of drug-likeness (QED) is 0.350. The van der Waals surface area contributed by atoms with Crippen LogP contribution in [0.25, 0.3) is 11.7 Å². The zero-order chi connectivity index (χ0) is 27.4. The second-order valence-electron chi connectivity index (χ2n) is 10.1. The third-order valence-corrected chi connectivity index (χ3v) is 6.00. The average molecular weight is 525 g/mol. The van der Waals surface area contributed by atoms with Crippen LogP contribution in [0.5, 0.6) is 0 Å². The molecule has 38 heavy (non-hydrogen) atoms. The van der Waals surface area contributed by atoms with Crippen molar-refractivity contribution in [2.45, 2.75) is 65.1 Å². The van der Waals surface area contributed by atoms with Crippen molar-refractivity contribution in [1.29, 1.82) is 0 Å². The van der Waals surface area contributed by atoms with Crippen LogP contribution in [0, 0.1) is 5.95 Å². The van der Waals surface area contributed by atoms with Gasteiger partial charge < -0.3 is 19.7 Å². The van der Waals surface area contributed by atoms with Gasteiger partial charge in [-0.25, -0.2) is 24.1 Å². The van der Waals surface area contributed by atoms with Crippen LogP contribution < -0.4 is 10.2 Å². The lowest BCUT2D eigenvalue weighted by molar-refractivity contribution is 0.0511. The number of esters is 1. The zero-order valence-corrected chi connectivity index (χ0v) is 22.3. The first-order valence-corrected chi connectivity index (χ1v) is 12.7. The lowest BCUT2D eigenvalue weighted by Gasteiger charge is -2.27. The molecule has 1 aliphatic heterocycles. The van der Waals surface area contributed by atoms with Crippen LogP contribution in [0.15, 0.2) is 36.8 Å². The Labute approximate surface area is 220 Å². The molecule has 1 saturated heterocycles. The van der Waals surface area contributed by atoms with Crippen molar-refractivity contribution < 1.29 is 23.5 Å². The summed E-state index contributed by atoms with van der Waals surface area (Å²) in [4.78, 5) is 35.1. The van der Waals surface area contributed by atoms with Crippen LogP contribution in [0.3, 0.4) is 0 Å². The molecular weight excluding hydrogens is 491 g/mol. The van der Waals surface area contributed by atoms with Crippen LogP contribution in [0.1, 0.15) is 75.0 Å². The minimum absolute atomic E-state index is 0.162. The molecule has 3 aromatic rings. The number of rotatable bonds is 7. The molecule has 1 aliphatic rings. The predicted octanol–water partition coefficient (Wildman–Crippen LogP) is 4.71. The van der Waals surface area contributed by atoms with Gasteiger partial charge in [-0.2, -0.15) is 9.49 Å². The first kappa shape index (κ1) is 27.0. The highest BCUT2D eigenvalue weighted by Crippen LogP contribution is 2.37. The van der Waals surface area contributed by atoms with Gasteiger partial charge in [0, 0.05) is 25.0 Å². The van der Waals surface area contributed by atoms with Gasteiger partial charge in [0.05, 0.1) is 18.8 Å². The number of alkyl carbamates (subject to hydrolysis) is 1. The SMILES string of the molecule is CCOC(=O)c1cnn2ccc(N3CCCC3c3cc(F)ncc3/C=C/[C@@H](C)NC(=O)OC(C)(C)C)nc12. The first-order chi connectivity index (χ1) is 18.1. The molecular formula is C27H33FN6O4. The number of ether oxygens (including phenoxy) is 2. The van der Waals surface area contributed by atoms with Crippen molar-refractivity contribution in [3.05, 3.63) is 59.4 Å². The van der Waals surface area contributed by atoms with Gasteiger partial charge >= 0.3 is 12.1 Å². The third-order valence-electron chi connectivity index (χ3n) is 6.00. The Morgan fingerprint density at radius 3 is 2.84 bits per heavy atom. The highest BCUT2D eigenvalue weighted by atomic mass is 19.1. The Morgan fingerprint density at radius 2 is 2.11 bits per heavy atom. The fourth-order valence-electron chi connectivity index (χ4n) is 4.41. The van der Waals surface area contributed by atoms with E-state index in [4.69, 9.17) is 14.5 Å². The Hall–Kier alpha value is -4.02. The number of aromatic nitrogens is 4. The van der Waals surface area contributed by atoms with Crippen molar-refractivity contribution in [3.63, 3.8) is 0 Å². The summed E-state index contributed by atoms with van der Waals surface area (Å²) in [5, 5.41) is 6.97. The van der Waals surface area contributed by atoms with Gasteiger partial charge in [0.2, 0.25) is 5.95 Å². The molecule has 10 nitrogen and oxygen atoms in total. The second kappa shape index (κ2) is 11.2. The number of fused-ring (bicyclic) bond motifs is 1. The Kier molecular flexibility index (Phi) is 7.94. The van der Waals surface area contributed by atoms with E-state index >= 15 is 0 Å². The van der Waals surface area contributed by atoms with Gasteiger partial charge in [-0.1, -0.05) is 12.2 Å². The van der Waals surface area contributed by atoms with Gasteiger partial charge in [-0.15, -0.1) is 0 Å². The number of anilines is 1. The van der Waals surface area contributed by atoms with E-state index in [1.165, 1.54) is 23.0 Å². The number of carbonyl (C=O) groups excluding carboxylic acids is 2. The monoisotopic (exact) mass is 524 g/mol. The molecule has 1 unspecified atom stereocenters. The molecule has 202 valence electrons. The summed E-state index contributed by atoms with van der Waals surface area (Å²) < 4.78 is 26.3. The smallest absolute Gasteiger partial charge is 0.408 e. The van der Waals surface area contributed by atoms with Gasteiger partial charge in [-0.05, 0) is 70.7 Å². The molecule has 1 fully saturated rings. The third kappa shape index (κ3) is 6.27. The Morgan fingerprint density at radius 1 is 1.32 bits per heavy atom.